The number of amides is 1. The molecule has 6 heteroatoms. The third-order valence-electron chi connectivity index (χ3n) is 5.32. The van der Waals surface area contributed by atoms with Gasteiger partial charge in [-0.3, -0.25) is 9.69 Å². The minimum Gasteiger partial charge on any atom is -0.379 e. The third kappa shape index (κ3) is 3.81. The highest BCUT2D eigenvalue weighted by Crippen LogP contribution is 2.21. The molecule has 2 bridgehead atoms. The SMILES string of the molecule is Cn1cnc(C(=O)N2C[C@@H]3COC[C@H](C2)N(CCc2ccccc2)C3)c1. The van der Waals surface area contributed by atoms with Crippen molar-refractivity contribution in [2.75, 3.05) is 39.4 Å². The Kier molecular flexibility index (Phi) is 5.04. The summed E-state index contributed by atoms with van der Waals surface area (Å²) in [5, 5.41) is 0. The zero-order valence-electron chi connectivity index (χ0n) is 15.3. The molecule has 1 amide bonds. The molecule has 2 aromatic rings. The quantitative estimate of drug-likeness (QED) is 0.834. The Bertz CT molecular complexity index is 745. The van der Waals surface area contributed by atoms with E-state index in [-0.39, 0.29) is 11.9 Å². The highest BCUT2D eigenvalue weighted by molar-refractivity contribution is 5.92. The zero-order chi connectivity index (χ0) is 17.9. The van der Waals surface area contributed by atoms with E-state index in [0.717, 1.165) is 32.7 Å². The van der Waals surface area contributed by atoms with Crippen molar-refractivity contribution in [3.8, 4) is 0 Å². The molecule has 0 aliphatic carbocycles. The van der Waals surface area contributed by atoms with Gasteiger partial charge in [0.25, 0.3) is 5.91 Å². The molecule has 2 fully saturated rings. The summed E-state index contributed by atoms with van der Waals surface area (Å²) in [6, 6.07) is 10.8. The molecular formula is C20H26N4O2. The molecular weight excluding hydrogens is 328 g/mol. The van der Waals surface area contributed by atoms with Gasteiger partial charge in [0.05, 0.1) is 25.6 Å². The maximum absolute atomic E-state index is 12.9. The van der Waals surface area contributed by atoms with Crippen LogP contribution in [0.4, 0.5) is 0 Å². The van der Waals surface area contributed by atoms with Crippen molar-refractivity contribution in [3.05, 3.63) is 54.1 Å². The van der Waals surface area contributed by atoms with Crippen molar-refractivity contribution >= 4 is 5.91 Å². The first-order valence-electron chi connectivity index (χ1n) is 9.32. The minimum atomic E-state index is 0.0346. The fourth-order valence-corrected chi connectivity index (χ4v) is 3.97. The summed E-state index contributed by atoms with van der Waals surface area (Å²) in [5.41, 5.74) is 1.89. The summed E-state index contributed by atoms with van der Waals surface area (Å²) in [5.74, 6) is 0.387. The molecule has 1 aromatic heterocycles. The lowest BCUT2D eigenvalue weighted by Crippen LogP contribution is -2.46. The van der Waals surface area contributed by atoms with E-state index in [9.17, 15) is 4.79 Å². The average Bonchev–Trinajstić information content (AvgIpc) is 2.88. The maximum Gasteiger partial charge on any atom is 0.274 e. The summed E-state index contributed by atoms with van der Waals surface area (Å²) >= 11 is 0. The van der Waals surface area contributed by atoms with Crippen molar-refractivity contribution in [2.45, 2.75) is 12.5 Å². The predicted octanol–water partition coefficient (Wildman–Crippen LogP) is 1.44. The summed E-state index contributed by atoms with van der Waals surface area (Å²) in [6.07, 6.45) is 4.51. The van der Waals surface area contributed by atoms with Gasteiger partial charge >= 0.3 is 0 Å². The summed E-state index contributed by atoms with van der Waals surface area (Å²) in [6.45, 7) is 4.86. The lowest BCUT2D eigenvalue weighted by molar-refractivity contribution is 0.0411. The van der Waals surface area contributed by atoms with E-state index < -0.39 is 0 Å². The Hall–Kier alpha value is -2.18. The average molecular weight is 354 g/mol. The fraction of sp³-hybridized carbons (Fsp3) is 0.500. The van der Waals surface area contributed by atoms with Gasteiger partial charge in [0, 0.05) is 45.3 Å². The van der Waals surface area contributed by atoms with Gasteiger partial charge in [0.2, 0.25) is 0 Å². The Morgan fingerprint density at radius 1 is 1.19 bits per heavy atom. The van der Waals surface area contributed by atoms with E-state index in [1.807, 2.05) is 16.5 Å². The van der Waals surface area contributed by atoms with Crippen molar-refractivity contribution in [1.82, 2.24) is 19.4 Å². The van der Waals surface area contributed by atoms with E-state index in [1.165, 1.54) is 5.56 Å². The van der Waals surface area contributed by atoms with Crippen molar-refractivity contribution in [1.29, 1.82) is 0 Å². The number of nitrogens with zero attached hydrogens (tertiary/aromatic N) is 4. The smallest absolute Gasteiger partial charge is 0.274 e. The van der Waals surface area contributed by atoms with Crippen LogP contribution in [-0.2, 0) is 18.2 Å². The topological polar surface area (TPSA) is 50.6 Å². The van der Waals surface area contributed by atoms with Crippen LogP contribution in [0.3, 0.4) is 0 Å². The molecule has 138 valence electrons. The van der Waals surface area contributed by atoms with E-state index in [2.05, 4.69) is 40.2 Å². The van der Waals surface area contributed by atoms with Crippen molar-refractivity contribution in [2.24, 2.45) is 13.0 Å². The van der Waals surface area contributed by atoms with Gasteiger partial charge in [0.15, 0.2) is 0 Å². The molecule has 0 saturated carbocycles. The number of ether oxygens (including phenoxy) is 1. The molecule has 3 heterocycles. The fourth-order valence-electron chi connectivity index (χ4n) is 3.97. The first-order chi connectivity index (χ1) is 12.7. The molecule has 0 spiro atoms. The second-order valence-corrected chi connectivity index (χ2v) is 7.42. The number of rotatable bonds is 4. The molecule has 4 rings (SSSR count). The van der Waals surface area contributed by atoms with Crippen LogP contribution < -0.4 is 0 Å². The summed E-state index contributed by atoms with van der Waals surface area (Å²) in [4.78, 5) is 21.6. The molecule has 0 N–H and O–H groups in total. The number of aryl methyl sites for hydroxylation is 1. The number of carbonyl (C=O) groups excluding carboxylic acids is 1. The molecule has 2 saturated heterocycles. The lowest BCUT2D eigenvalue weighted by atomic mass is 10.1. The Balaban J connectivity index is 1.46. The molecule has 2 atom stereocenters. The number of aromatic nitrogens is 2. The highest BCUT2D eigenvalue weighted by atomic mass is 16.5. The van der Waals surface area contributed by atoms with Crippen LogP contribution in [0.1, 0.15) is 16.1 Å². The van der Waals surface area contributed by atoms with Gasteiger partial charge in [-0.1, -0.05) is 30.3 Å². The number of hydrogen-bond acceptors (Lipinski definition) is 4. The van der Waals surface area contributed by atoms with Gasteiger partial charge in [-0.05, 0) is 12.0 Å². The number of carbonyl (C=O) groups is 1. The lowest BCUT2D eigenvalue weighted by Gasteiger charge is -2.31. The molecule has 26 heavy (non-hydrogen) atoms. The predicted molar refractivity (Wildman–Crippen MR) is 98.9 cm³/mol. The van der Waals surface area contributed by atoms with Crippen LogP contribution in [-0.4, -0.2) is 70.7 Å². The Morgan fingerprint density at radius 2 is 2.04 bits per heavy atom. The van der Waals surface area contributed by atoms with Crippen LogP contribution in [0.25, 0.3) is 0 Å². The van der Waals surface area contributed by atoms with Gasteiger partial charge in [-0.2, -0.15) is 0 Å². The van der Waals surface area contributed by atoms with Crippen molar-refractivity contribution in [3.63, 3.8) is 0 Å². The van der Waals surface area contributed by atoms with Gasteiger partial charge < -0.3 is 14.2 Å². The number of benzene rings is 1. The normalized spacial score (nSPS) is 23.7. The molecule has 2 aliphatic rings. The monoisotopic (exact) mass is 354 g/mol. The molecule has 1 aromatic carbocycles. The zero-order valence-corrected chi connectivity index (χ0v) is 15.3. The van der Waals surface area contributed by atoms with Crippen LogP contribution in [0.5, 0.6) is 0 Å². The van der Waals surface area contributed by atoms with Crippen LogP contribution >= 0.6 is 0 Å². The largest absolute Gasteiger partial charge is 0.379 e. The van der Waals surface area contributed by atoms with Crippen LogP contribution in [0.15, 0.2) is 42.9 Å². The number of hydrogen-bond donors (Lipinski definition) is 0. The molecule has 0 unspecified atom stereocenters. The van der Waals surface area contributed by atoms with Gasteiger partial charge in [-0.25, -0.2) is 4.98 Å². The highest BCUT2D eigenvalue weighted by Gasteiger charge is 2.35. The van der Waals surface area contributed by atoms with E-state index in [1.54, 1.807) is 12.5 Å². The molecule has 6 nitrogen and oxygen atoms in total. The Morgan fingerprint density at radius 3 is 2.81 bits per heavy atom. The second-order valence-electron chi connectivity index (χ2n) is 7.42. The first kappa shape index (κ1) is 17.2. The van der Waals surface area contributed by atoms with Crippen LogP contribution in [0, 0.1) is 5.92 Å². The molecule has 0 radical (unpaired) electrons. The van der Waals surface area contributed by atoms with E-state index >= 15 is 0 Å². The maximum atomic E-state index is 12.9. The summed E-state index contributed by atoms with van der Waals surface area (Å²) < 4.78 is 7.70. The van der Waals surface area contributed by atoms with E-state index in [0.29, 0.717) is 24.8 Å². The Labute approximate surface area is 154 Å². The first-order valence-corrected chi connectivity index (χ1v) is 9.32. The third-order valence-corrected chi connectivity index (χ3v) is 5.32. The van der Waals surface area contributed by atoms with E-state index in [4.69, 9.17) is 4.74 Å². The van der Waals surface area contributed by atoms with Crippen molar-refractivity contribution < 1.29 is 9.53 Å². The number of imidazole rings is 1. The van der Waals surface area contributed by atoms with Gasteiger partial charge in [0.1, 0.15) is 5.69 Å². The summed E-state index contributed by atoms with van der Waals surface area (Å²) in [7, 11) is 1.89. The second kappa shape index (κ2) is 7.60. The minimum absolute atomic E-state index is 0.0346. The molecule has 2 aliphatic heterocycles. The van der Waals surface area contributed by atoms with Crippen LogP contribution in [0.2, 0.25) is 0 Å². The standard InChI is InChI=1S/C20H26N4O2/c1-22-12-19(21-15-22)20(25)24-10-17-9-23(18(11-24)14-26-13-17)8-7-16-5-3-2-4-6-16/h2-6,12,15,17-18H,7-11,13-14H2,1H3/t17-,18+/m1/s1. The van der Waals surface area contributed by atoms with Gasteiger partial charge in [-0.15, -0.1) is 0 Å². The number of fused-ring (bicyclic) bond motifs is 3.